The molecule has 0 spiro atoms. The first-order chi connectivity index (χ1) is 1.41. The average Bonchev–Trinajstić information content (AvgIpc) is 0.918. The van der Waals surface area contributed by atoms with Crippen LogP contribution in [-0.2, 0) is 0 Å². The van der Waals surface area contributed by atoms with Crippen LogP contribution in [0.1, 0.15) is 6.92 Å². The average molecular weight is 185 g/mol. The van der Waals surface area contributed by atoms with Crippen LogP contribution in [-0.4, -0.2) is 43.9 Å². The molecule has 0 fully saturated rings. The standard InChI is InChI=1S/C2H7P.BrH.Ca.2H/c1-2-3;;;;/h2-3H2,1H3;1H;;;. The molecular formula is C2H10BrCaP. The van der Waals surface area contributed by atoms with E-state index in [9.17, 15) is 0 Å². The normalized spacial score (nSPS) is 3.60. The Labute approximate surface area is 76.1 Å². The van der Waals surface area contributed by atoms with Gasteiger partial charge in [-0.3, -0.25) is 0 Å². The van der Waals surface area contributed by atoms with Crippen LogP contribution in [0.25, 0.3) is 0 Å². The Morgan fingerprint density at radius 1 is 1.60 bits per heavy atom. The van der Waals surface area contributed by atoms with Crippen LogP contribution in [0, 0.1) is 0 Å². The van der Waals surface area contributed by atoms with Gasteiger partial charge in [0, 0.05) is 0 Å². The Morgan fingerprint density at radius 2 is 1.60 bits per heavy atom. The fraction of sp³-hybridized carbons (Fsp3) is 1.00. The zero-order valence-corrected chi connectivity index (χ0v) is 5.56. The molecule has 0 saturated carbocycles. The summed E-state index contributed by atoms with van der Waals surface area (Å²) in [7, 11) is 2.58. The minimum absolute atomic E-state index is 0. The van der Waals surface area contributed by atoms with Crippen LogP contribution in [0.4, 0.5) is 0 Å². The summed E-state index contributed by atoms with van der Waals surface area (Å²) in [5.41, 5.74) is 0. The number of halogens is 1. The first kappa shape index (κ1) is 15.7. The predicted molar refractivity (Wildman–Crippen MR) is 39.1 cm³/mol. The van der Waals surface area contributed by atoms with Gasteiger partial charge in [-0.15, -0.1) is 26.2 Å². The van der Waals surface area contributed by atoms with Gasteiger partial charge in [-0.1, -0.05) is 6.92 Å². The van der Waals surface area contributed by atoms with Gasteiger partial charge in [0.05, 0.1) is 0 Å². The third kappa shape index (κ3) is 22.8. The zero-order valence-electron chi connectivity index (χ0n) is 2.69. The molecule has 0 aromatic heterocycles. The molecule has 0 aliphatic rings. The van der Waals surface area contributed by atoms with Crippen molar-refractivity contribution in [2.75, 3.05) is 6.16 Å². The van der Waals surface area contributed by atoms with Crippen LogP contribution in [0.3, 0.4) is 0 Å². The minimum atomic E-state index is 0. The van der Waals surface area contributed by atoms with E-state index < -0.39 is 0 Å². The van der Waals surface area contributed by atoms with Crippen molar-refractivity contribution in [3.05, 3.63) is 0 Å². The molecular weight excluding hydrogens is 175 g/mol. The van der Waals surface area contributed by atoms with E-state index in [0.717, 1.165) is 0 Å². The van der Waals surface area contributed by atoms with Gasteiger partial charge in [0.25, 0.3) is 0 Å². The van der Waals surface area contributed by atoms with Crippen LogP contribution in [0.15, 0.2) is 0 Å². The van der Waals surface area contributed by atoms with E-state index >= 15 is 0 Å². The van der Waals surface area contributed by atoms with E-state index in [1.54, 1.807) is 0 Å². The molecule has 0 heterocycles. The van der Waals surface area contributed by atoms with Crippen LogP contribution < -0.4 is 0 Å². The molecule has 1 atom stereocenters. The fourth-order valence-electron chi connectivity index (χ4n) is 0. The third-order valence-corrected chi connectivity index (χ3v) is 0. The van der Waals surface area contributed by atoms with E-state index in [1.807, 2.05) is 0 Å². The molecule has 0 aromatic rings. The Balaban J connectivity index is -0.0000000200. The Hall–Kier alpha value is 2.17. The molecule has 1 unspecified atom stereocenters. The van der Waals surface area contributed by atoms with Gasteiger partial charge in [0.15, 0.2) is 0 Å². The van der Waals surface area contributed by atoms with Crippen molar-refractivity contribution in [1.29, 1.82) is 0 Å². The van der Waals surface area contributed by atoms with Gasteiger partial charge in [-0.05, 0) is 6.16 Å². The molecule has 0 N–H and O–H groups in total. The maximum absolute atomic E-state index is 2.58. The summed E-state index contributed by atoms with van der Waals surface area (Å²) in [6.45, 7) is 2.09. The molecule has 0 radical (unpaired) electrons. The van der Waals surface area contributed by atoms with Crippen molar-refractivity contribution in [2.24, 2.45) is 0 Å². The second-order valence-electron chi connectivity index (χ2n) is 0.408. The van der Waals surface area contributed by atoms with Gasteiger partial charge in [0.2, 0.25) is 0 Å². The quantitative estimate of drug-likeness (QED) is 0.381. The monoisotopic (exact) mass is 184 g/mol. The Bertz CT molecular complexity index is 9.61. The van der Waals surface area contributed by atoms with E-state index in [4.69, 9.17) is 0 Å². The number of hydrogen-bond donors (Lipinski definition) is 0. The topological polar surface area (TPSA) is 0 Å². The predicted octanol–water partition coefficient (Wildman–Crippen LogP) is 0.543. The van der Waals surface area contributed by atoms with Gasteiger partial charge in [-0.2, -0.15) is 0 Å². The fourth-order valence-corrected chi connectivity index (χ4v) is 0. The first-order valence-corrected chi connectivity index (χ1v) is 1.93. The summed E-state index contributed by atoms with van der Waals surface area (Å²) in [6.07, 6.45) is 1.17. The van der Waals surface area contributed by atoms with Gasteiger partial charge in [0.1, 0.15) is 0 Å². The van der Waals surface area contributed by atoms with E-state index in [2.05, 4.69) is 16.2 Å². The molecule has 0 nitrogen and oxygen atoms in total. The molecule has 0 amide bonds. The summed E-state index contributed by atoms with van der Waals surface area (Å²) in [5, 5.41) is 0. The van der Waals surface area contributed by atoms with Gasteiger partial charge < -0.3 is 0 Å². The third-order valence-electron chi connectivity index (χ3n) is 0. The molecule has 32 valence electrons. The molecule has 0 aliphatic carbocycles. The second kappa shape index (κ2) is 16.4. The SMILES string of the molecule is Br.CCP.[CaH2]. The molecule has 0 aliphatic heterocycles. The maximum atomic E-state index is 2.58. The molecule has 0 bridgehead atoms. The van der Waals surface area contributed by atoms with Crippen molar-refractivity contribution >= 4 is 64.0 Å². The van der Waals surface area contributed by atoms with E-state index in [0.29, 0.717) is 0 Å². The first-order valence-electron chi connectivity index (χ1n) is 1.12. The number of rotatable bonds is 0. The molecule has 0 rings (SSSR count). The van der Waals surface area contributed by atoms with Gasteiger partial charge in [-0.25, -0.2) is 0 Å². The second-order valence-corrected chi connectivity index (χ2v) is 1.22. The molecule has 0 saturated heterocycles. The van der Waals surface area contributed by atoms with Crippen molar-refractivity contribution in [2.45, 2.75) is 6.92 Å². The van der Waals surface area contributed by atoms with Crippen molar-refractivity contribution in [1.82, 2.24) is 0 Å². The van der Waals surface area contributed by atoms with Gasteiger partial charge >= 0.3 is 37.7 Å². The van der Waals surface area contributed by atoms with Crippen molar-refractivity contribution in [3.63, 3.8) is 0 Å². The van der Waals surface area contributed by atoms with Crippen molar-refractivity contribution < 1.29 is 0 Å². The molecule has 3 heteroatoms. The van der Waals surface area contributed by atoms with E-state index in [1.165, 1.54) is 6.16 Å². The summed E-state index contributed by atoms with van der Waals surface area (Å²) in [6, 6.07) is 0. The van der Waals surface area contributed by atoms with E-state index in [-0.39, 0.29) is 54.7 Å². The van der Waals surface area contributed by atoms with Crippen LogP contribution in [0.2, 0.25) is 0 Å². The molecule has 0 aromatic carbocycles. The molecule has 5 heavy (non-hydrogen) atoms. The summed E-state index contributed by atoms with van der Waals surface area (Å²) >= 11 is 0. The van der Waals surface area contributed by atoms with Crippen molar-refractivity contribution in [3.8, 4) is 0 Å². The Kier molecular flexibility index (Phi) is 51.5. The summed E-state index contributed by atoms with van der Waals surface area (Å²) in [5.74, 6) is 0. The van der Waals surface area contributed by atoms with Crippen LogP contribution in [0.5, 0.6) is 0 Å². The Morgan fingerprint density at radius 3 is 1.60 bits per heavy atom. The van der Waals surface area contributed by atoms with Crippen LogP contribution >= 0.6 is 26.2 Å². The zero-order chi connectivity index (χ0) is 2.71. The summed E-state index contributed by atoms with van der Waals surface area (Å²) in [4.78, 5) is 0. The summed E-state index contributed by atoms with van der Waals surface area (Å²) < 4.78 is 0. The number of hydrogen-bond acceptors (Lipinski definition) is 0.